The number of thioether (sulfide) groups is 1. The van der Waals surface area contributed by atoms with Gasteiger partial charge < -0.3 is 24.8 Å². The first-order valence-corrected chi connectivity index (χ1v) is 9.61. The molecule has 0 spiro atoms. The van der Waals surface area contributed by atoms with E-state index >= 15 is 0 Å². The zero-order valence-electron chi connectivity index (χ0n) is 16.2. The molecule has 0 radical (unpaired) electrons. The Morgan fingerprint density at radius 2 is 1.63 bits per heavy atom. The smallest absolute Gasteiger partial charge is 0.203 e. The van der Waals surface area contributed by atoms with Crippen LogP contribution in [0.2, 0.25) is 0 Å². The van der Waals surface area contributed by atoms with Crippen LogP contribution in [-0.2, 0) is 6.54 Å². The van der Waals surface area contributed by atoms with Gasteiger partial charge in [0.05, 0.1) is 21.3 Å². The first-order chi connectivity index (χ1) is 13.2. The third kappa shape index (κ3) is 6.29. The second-order valence-electron chi connectivity index (χ2n) is 5.55. The molecular formula is C20H27N3O3S. The van der Waals surface area contributed by atoms with Gasteiger partial charge in [0.2, 0.25) is 5.75 Å². The maximum Gasteiger partial charge on any atom is 0.203 e. The highest BCUT2D eigenvalue weighted by Gasteiger charge is 2.13. The lowest BCUT2D eigenvalue weighted by Crippen LogP contribution is -2.37. The van der Waals surface area contributed by atoms with Crippen LogP contribution < -0.4 is 24.8 Å². The second-order valence-corrected chi connectivity index (χ2v) is 6.72. The summed E-state index contributed by atoms with van der Waals surface area (Å²) in [6.07, 6.45) is 0. The molecule has 2 aromatic rings. The van der Waals surface area contributed by atoms with Crippen LogP contribution in [0.15, 0.2) is 52.4 Å². The van der Waals surface area contributed by atoms with Crippen LogP contribution in [0.3, 0.4) is 0 Å². The summed E-state index contributed by atoms with van der Waals surface area (Å²) in [4.78, 5) is 5.53. The van der Waals surface area contributed by atoms with Crippen LogP contribution in [0.1, 0.15) is 5.56 Å². The highest BCUT2D eigenvalue weighted by atomic mass is 32.2. The number of aliphatic imine (C=N–C) groups is 1. The Labute approximate surface area is 165 Å². The zero-order valence-corrected chi connectivity index (χ0v) is 17.1. The van der Waals surface area contributed by atoms with E-state index in [1.807, 2.05) is 42.1 Å². The number of methoxy groups -OCH3 is 3. The Morgan fingerprint density at radius 1 is 0.963 bits per heavy atom. The van der Waals surface area contributed by atoms with E-state index < -0.39 is 0 Å². The molecule has 0 aliphatic rings. The number of nitrogens with one attached hydrogen (secondary N) is 2. The fraction of sp³-hybridized carbons (Fsp3) is 0.350. The van der Waals surface area contributed by atoms with Gasteiger partial charge in [0, 0.05) is 30.8 Å². The van der Waals surface area contributed by atoms with Gasteiger partial charge in [-0.1, -0.05) is 18.2 Å². The molecule has 27 heavy (non-hydrogen) atoms. The van der Waals surface area contributed by atoms with E-state index in [-0.39, 0.29) is 0 Å². The lowest BCUT2D eigenvalue weighted by Gasteiger charge is -2.16. The minimum Gasteiger partial charge on any atom is -0.493 e. The number of hydrogen-bond donors (Lipinski definition) is 2. The van der Waals surface area contributed by atoms with Gasteiger partial charge in [-0.05, 0) is 29.8 Å². The van der Waals surface area contributed by atoms with Crippen molar-refractivity contribution in [1.82, 2.24) is 10.6 Å². The Balaban J connectivity index is 1.86. The van der Waals surface area contributed by atoms with Crippen molar-refractivity contribution < 1.29 is 14.2 Å². The van der Waals surface area contributed by atoms with E-state index in [1.165, 1.54) is 4.90 Å². The number of nitrogens with zero attached hydrogens (tertiary/aromatic N) is 1. The van der Waals surface area contributed by atoms with Gasteiger partial charge in [0.25, 0.3) is 0 Å². The molecule has 6 nitrogen and oxygen atoms in total. The highest BCUT2D eigenvalue weighted by molar-refractivity contribution is 7.99. The first kappa shape index (κ1) is 20.8. The minimum atomic E-state index is 0.586. The summed E-state index contributed by atoms with van der Waals surface area (Å²) in [5.74, 6) is 3.56. The topological polar surface area (TPSA) is 64.1 Å². The quantitative estimate of drug-likeness (QED) is 0.297. The molecule has 0 bridgehead atoms. The molecule has 0 saturated carbocycles. The van der Waals surface area contributed by atoms with Gasteiger partial charge in [0.1, 0.15) is 0 Å². The van der Waals surface area contributed by atoms with E-state index in [0.717, 1.165) is 23.8 Å². The first-order valence-electron chi connectivity index (χ1n) is 8.63. The number of benzene rings is 2. The van der Waals surface area contributed by atoms with Crippen molar-refractivity contribution in [2.24, 2.45) is 4.99 Å². The lowest BCUT2D eigenvalue weighted by molar-refractivity contribution is 0.323. The van der Waals surface area contributed by atoms with Crippen molar-refractivity contribution in [2.75, 3.05) is 40.7 Å². The summed E-state index contributed by atoms with van der Waals surface area (Å²) in [5, 5.41) is 6.62. The maximum absolute atomic E-state index is 5.39. The second kappa shape index (κ2) is 11.2. The molecule has 7 heteroatoms. The Morgan fingerprint density at radius 3 is 2.19 bits per heavy atom. The van der Waals surface area contributed by atoms with Gasteiger partial charge in [-0.2, -0.15) is 0 Å². The number of ether oxygens (including phenoxy) is 3. The summed E-state index contributed by atoms with van der Waals surface area (Å²) < 4.78 is 16.1. The molecule has 2 aromatic carbocycles. The van der Waals surface area contributed by atoms with Crippen LogP contribution in [0.5, 0.6) is 17.2 Å². The largest absolute Gasteiger partial charge is 0.493 e. The fourth-order valence-electron chi connectivity index (χ4n) is 2.50. The van der Waals surface area contributed by atoms with Crippen molar-refractivity contribution in [1.29, 1.82) is 0 Å². The highest BCUT2D eigenvalue weighted by Crippen LogP contribution is 2.38. The molecule has 2 N–H and O–H groups in total. The maximum atomic E-state index is 5.39. The molecule has 146 valence electrons. The van der Waals surface area contributed by atoms with Gasteiger partial charge in [-0.15, -0.1) is 11.8 Å². The molecule has 2 rings (SSSR count). The molecule has 0 saturated heterocycles. The number of guanidine groups is 1. The van der Waals surface area contributed by atoms with Crippen molar-refractivity contribution in [3.05, 3.63) is 48.0 Å². The average Bonchev–Trinajstić information content (AvgIpc) is 2.73. The molecule has 0 heterocycles. The predicted octanol–water partition coefficient (Wildman–Crippen LogP) is 3.17. The Hall–Kier alpha value is -2.54. The van der Waals surface area contributed by atoms with Gasteiger partial charge >= 0.3 is 0 Å². The summed E-state index contributed by atoms with van der Waals surface area (Å²) in [6, 6.07) is 14.2. The van der Waals surface area contributed by atoms with Crippen molar-refractivity contribution in [3.63, 3.8) is 0 Å². The predicted molar refractivity (Wildman–Crippen MR) is 111 cm³/mol. The number of hydrogen-bond acceptors (Lipinski definition) is 5. The van der Waals surface area contributed by atoms with Crippen molar-refractivity contribution in [2.45, 2.75) is 11.4 Å². The Kier molecular flexibility index (Phi) is 8.64. The zero-order chi connectivity index (χ0) is 19.5. The van der Waals surface area contributed by atoms with Crippen LogP contribution in [-0.4, -0.2) is 46.6 Å². The summed E-state index contributed by atoms with van der Waals surface area (Å²) in [5.41, 5.74) is 1.01. The fourth-order valence-corrected chi connectivity index (χ4v) is 3.29. The van der Waals surface area contributed by atoms with Crippen molar-refractivity contribution >= 4 is 17.7 Å². The minimum absolute atomic E-state index is 0.586. The summed E-state index contributed by atoms with van der Waals surface area (Å²) in [7, 11) is 6.57. The molecule has 0 fully saturated rings. The summed E-state index contributed by atoms with van der Waals surface area (Å²) in [6.45, 7) is 1.40. The van der Waals surface area contributed by atoms with Gasteiger partial charge in [-0.3, -0.25) is 4.99 Å². The Bertz CT molecular complexity index is 714. The molecule has 0 amide bonds. The van der Waals surface area contributed by atoms with Crippen LogP contribution in [0.4, 0.5) is 0 Å². The molecule has 0 atom stereocenters. The van der Waals surface area contributed by atoms with E-state index in [4.69, 9.17) is 14.2 Å². The molecule has 0 aromatic heterocycles. The van der Waals surface area contributed by atoms with Crippen molar-refractivity contribution in [3.8, 4) is 17.2 Å². The summed E-state index contributed by atoms with van der Waals surface area (Å²) >= 11 is 1.81. The van der Waals surface area contributed by atoms with Crippen LogP contribution >= 0.6 is 11.8 Å². The normalized spacial score (nSPS) is 11.0. The van der Waals surface area contributed by atoms with Crippen LogP contribution in [0, 0.1) is 0 Å². The molecular weight excluding hydrogens is 362 g/mol. The third-order valence-corrected chi connectivity index (χ3v) is 4.83. The number of rotatable bonds is 9. The lowest BCUT2D eigenvalue weighted by atomic mass is 10.2. The van der Waals surface area contributed by atoms with E-state index in [9.17, 15) is 0 Å². The van der Waals surface area contributed by atoms with Gasteiger partial charge in [-0.25, -0.2) is 0 Å². The van der Waals surface area contributed by atoms with E-state index in [1.54, 1.807) is 28.4 Å². The van der Waals surface area contributed by atoms with E-state index in [0.29, 0.717) is 23.8 Å². The monoisotopic (exact) mass is 389 g/mol. The molecule has 0 aliphatic heterocycles. The molecule has 0 unspecified atom stereocenters. The standard InChI is InChI=1S/C20H27N3O3S/c1-21-20(22-10-11-27-16-8-6-5-7-9-16)23-14-15-12-17(24-2)19(26-4)18(13-15)25-3/h5-9,12-13H,10-11,14H2,1-4H3,(H2,21,22,23). The SMILES string of the molecule is CN=C(NCCSc1ccccc1)NCc1cc(OC)c(OC)c(OC)c1. The van der Waals surface area contributed by atoms with Crippen LogP contribution in [0.25, 0.3) is 0 Å². The average molecular weight is 390 g/mol. The van der Waals surface area contributed by atoms with E-state index in [2.05, 4.69) is 27.8 Å². The van der Waals surface area contributed by atoms with Gasteiger partial charge in [0.15, 0.2) is 17.5 Å². The third-order valence-electron chi connectivity index (χ3n) is 3.81. The molecule has 0 aliphatic carbocycles.